The van der Waals surface area contributed by atoms with Gasteiger partial charge in [0.05, 0.1) is 18.3 Å². The molecule has 2 aromatic carbocycles. The molecule has 2 heterocycles. The Labute approximate surface area is 165 Å². The van der Waals surface area contributed by atoms with Crippen molar-refractivity contribution in [2.75, 3.05) is 18.5 Å². The lowest BCUT2D eigenvalue weighted by atomic mass is 10.0. The van der Waals surface area contributed by atoms with E-state index in [4.69, 9.17) is 4.74 Å². The van der Waals surface area contributed by atoms with E-state index in [1.165, 1.54) is 5.56 Å². The number of rotatable bonds is 6. The molecule has 0 atom stereocenters. The molecule has 1 amide bonds. The van der Waals surface area contributed by atoms with Gasteiger partial charge in [-0.3, -0.25) is 9.48 Å². The predicted octanol–water partition coefficient (Wildman–Crippen LogP) is 4.16. The zero-order chi connectivity index (χ0) is 19.2. The minimum atomic E-state index is -0.0296. The van der Waals surface area contributed by atoms with Crippen LogP contribution in [-0.2, 0) is 22.5 Å². The number of carbonyl (C=O) groups excluding carboxylic acids is 1. The van der Waals surface area contributed by atoms with Gasteiger partial charge in [0.25, 0.3) is 0 Å². The summed E-state index contributed by atoms with van der Waals surface area (Å²) in [6.07, 6.45) is 6.11. The van der Waals surface area contributed by atoms with Gasteiger partial charge in [-0.1, -0.05) is 54.6 Å². The molecule has 1 saturated heterocycles. The monoisotopic (exact) mass is 375 g/mol. The summed E-state index contributed by atoms with van der Waals surface area (Å²) in [7, 11) is 0. The molecule has 0 bridgehead atoms. The van der Waals surface area contributed by atoms with Crippen molar-refractivity contribution in [3.8, 4) is 11.1 Å². The summed E-state index contributed by atoms with van der Waals surface area (Å²) in [5.41, 5.74) is 4.07. The summed E-state index contributed by atoms with van der Waals surface area (Å²) >= 11 is 0. The maximum Gasteiger partial charge on any atom is 0.228 e. The minimum Gasteiger partial charge on any atom is -0.381 e. The quantitative estimate of drug-likeness (QED) is 0.704. The van der Waals surface area contributed by atoms with Crippen molar-refractivity contribution in [3.63, 3.8) is 0 Å². The van der Waals surface area contributed by atoms with E-state index < -0.39 is 0 Å². The van der Waals surface area contributed by atoms with Crippen molar-refractivity contribution < 1.29 is 9.53 Å². The zero-order valence-corrected chi connectivity index (χ0v) is 15.9. The molecule has 1 aromatic heterocycles. The molecule has 144 valence electrons. The molecule has 1 fully saturated rings. The van der Waals surface area contributed by atoms with Gasteiger partial charge in [0.2, 0.25) is 5.91 Å². The van der Waals surface area contributed by atoms with Gasteiger partial charge in [0, 0.05) is 26.0 Å². The highest BCUT2D eigenvalue weighted by Gasteiger charge is 2.15. The molecule has 5 nitrogen and oxygen atoms in total. The molecular formula is C23H25N3O2. The van der Waals surface area contributed by atoms with Crippen molar-refractivity contribution >= 4 is 11.6 Å². The van der Waals surface area contributed by atoms with E-state index in [1.807, 2.05) is 41.2 Å². The van der Waals surface area contributed by atoms with Gasteiger partial charge in [-0.15, -0.1) is 0 Å². The third kappa shape index (κ3) is 4.87. The van der Waals surface area contributed by atoms with Gasteiger partial charge < -0.3 is 10.1 Å². The number of nitrogens with one attached hydrogen (secondary N) is 1. The smallest absolute Gasteiger partial charge is 0.228 e. The summed E-state index contributed by atoms with van der Waals surface area (Å²) in [4.78, 5) is 12.4. The van der Waals surface area contributed by atoms with Crippen LogP contribution >= 0.6 is 0 Å². The molecule has 0 spiro atoms. The molecule has 1 N–H and O–H groups in total. The third-order valence-electron chi connectivity index (χ3n) is 5.13. The van der Waals surface area contributed by atoms with E-state index in [0.29, 0.717) is 12.3 Å². The zero-order valence-electron chi connectivity index (χ0n) is 15.9. The number of nitrogens with zero attached hydrogens (tertiary/aromatic N) is 2. The van der Waals surface area contributed by atoms with Gasteiger partial charge >= 0.3 is 0 Å². The van der Waals surface area contributed by atoms with Crippen LogP contribution in [0.3, 0.4) is 0 Å². The number of amides is 1. The van der Waals surface area contributed by atoms with E-state index in [0.717, 1.165) is 49.4 Å². The van der Waals surface area contributed by atoms with Crippen molar-refractivity contribution in [2.24, 2.45) is 5.92 Å². The Bertz CT molecular complexity index is 897. The Balaban J connectivity index is 1.30. The Kier molecular flexibility index (Phi) is 5.83. The average Bonchev–Trinajstić information content (AvgIpc) is 3.16. The number of ether oxygens (including phenoxy) is 1. The molecular weight excluding hydrogens is 350 g/mol. The maximum absolute atomic E-state index is 12.4. The largest absolute Gasteiger partial charge is 0.381 e. The molecule has 1 aliphatic heterocycles. The first kappa shape index (κ1) is 18.4. The van der Waals surface area contributed by atoms with Crippen molar-refractivity contribution in [2.45, 2.75) is 25.8 Å². The van der Waals surface area contributed by atoms with Crippen LogP contribution in [0.15, 0.2) is 67.0 Å². The van der Waals surface area contributed by atoms with Gasteiger partial charge in [0.1, 0.15) is 0 Å². The molecule has 1 aliphatic rings. The van der Waals surface area contributed by atoms with E-state index in [9.17, 15) is 4.79 Å². The molecule has 5 heteroatoms. The highest BCUT2D eigenvalue weighted by molar-refractivity contribution is 5.92. The minimum absolute atomic E-state index is 0.0296. The number of carbonyl (C=O) groups is 1. The molecule has 28 heavy (non-hydrogen) atoms. The van der Waals surface area contributed by atoms with Crippen molar-refractivity contribution in [3.05, 3.63) is 72.6 Å². The summed E-state index contributed by atoms with van der Waals surface area (Å²) in [5.74, 6) is 0.568. The number of benzene rings is 2. The van der Waals surface area contributed by atoms with Crippen molar-refractivity contribution in [1.29, 1.82) is 0 Å². The third-order valence-corrected chi connectivity index (χ3v) is 5.13. The molecule has 0 radical (unpaired) electrons. The number of aromatic nitrogens is 2. The topological polar surface area (TPSA) is 56.2 Å². The lowest BCUT2D eigenvalue weighted by Gasteiger charge is -2.21. The van der Waals surface area contributed by atoms with Crippen LogP contribution in [0.5, 0.6) is 0 Å². The van der Waals surface area contributed by atoms with Crippen LogP contribution in [0.1, 0.15) is 18.4 Å². The lowest BCUT2D eigenvalue weighted by molar-refractivity contribution is -0.115. The first-order valence-electron chi connectivity index (χ1n) is 9.81. The SMILES string of the molecule is O=C(Cc1ccc(-c2ccccc2)cc1)Nc1cnn(CC2CCOCC2)c1. The van der Waals surface area contributed by atoms with Crippen LogP contribution < -0.4 is 5.32 Å². The molecule has 0 unspecified atom stereocenters. The van der Waals surface area contributed by atoms with Crippen molar-refractivity contribution in [1.82, 2.24) is 9.78 Å². The second kappa shape index (κ2) is 8.85. The summed E-state index contributed by atoms with van der Waals surface area (Å²) in [6.45, 7) is 2.54. The van der Waals surface area contributed by atoms with E-state index in [1.54, 1.807) is 6.20 Å². The van der Waals surface area contributed by atoms with Gasteiger partial charge in [-0.25, -0.2) is 0 Å². The van der Waals surface area contributed by atoms with Crippen LogP contribution in [0.4, 0.5) is 5.69 Å². The number of hydrogen-bond acceptors (Lipinski definition) is 3. The van der Waals surface area contributed by atoms with Crippen LogP contribution in [0.2, 0.25) is 0 Å². The normalized spacial score (nSPS) is 14.7. The summed E-state index contributed by atoms with van der Waals surface area (Å²) < 4.78 is 7.31. The fourth-order valence-electron chi connectivity index (χ4n) is 3.56. The second-order valence-electron chi connectivity index (χ2n) is 7.29. The highest BCUT2D eigenvalue weighted by atomic mass is 16.5. The Morgan fingerprint density at radius 2 is 1.75 bits per heavy atom. The van der Waals surface area contributed by atoms with Gasteiger partial charge in [-0.2, -0.15) is 5.10 Å². The maximum atomic E-state index is 12.4. The number of anilines is 1. The fraction of sp³-hybridized carbons (Fsp3) is 0.304. The lowest BCUT2D eigenvalue weighted by Crippen LogP contribution is -2.20. The first-order chi connectivity index (χ1) is 13.8. The Hall–Kier alpha value is -2.92. The molecule has 0 saturated carbocycles. The summed E-state index contributed by atoms with van der Waals surface area (Å²) in [5, 5.41) is 7.32. The standard InChI is InChI=1S/C23H25N3O2/c27-23(14-18-6-8-21(9-7-18)20-4-2-1-3-5-20)25-22-15-24-26(17-22)16-19-10-12-28-13-11-19/h1-9,15,17,19H,10-14,16H2,(H,25,27). The average molecular weight is 375 g/mol. The van der Waals surface area contributed by atoms with E-state index >= 15 is 0 Å². The second-order valence-corrected chi connectivity index (χ2v) is 7.29. The Morgan fingerprint density at radius 1 is 1.04 bits per heavy atom. The van der Waals surface area contributed by atoms with Crippen LogP contribution in [0, 0.1) is 5.92 Å². The molecule has 3 aromatic rings. The molecule has 0 aliphatic carbocycles. The number of hydrogen-bond donors (Lipinski definition) is 1. The van der Waals surface area contributed by atoms with Gasteiger partial charge in [0.15, 0.2) is 0 Å². The first-order valence-corrected chi connectivity index (χ1v) is 9.81. The van der Waals surface area contributed by atoms with E-state index in [2.05, 4.69) is 34.7 Å². The van der Waals surface area contributed by atoms with Crippen LogP contribution in [-0.4, -0.2) is 28.9 Å². The molecule has 4 rings (SSSR count). The highest BCUT2D eigenvalue weighted by Crippen LogP contribution is 2.20. The summed E-state index contributed by atoms with van der Waals surface area (Å²) in [6, 6.07) is 18.4. The van der Waals surface area contributed by atoms with E-state index in [-0.39, 0.29) is 5.91 Å². The fourth-order valence-corrected chi connectivity index (χ4v) is 3.56. The Morgan fingerprint density at radius 3 is 2.50 bits per heavy atom. The van der Waals surface area contributed by atoms with Gasteiger partial charge in [-0.05, 0) is 35.4 Å². The van der Waals surface area contributed by atoms with Crippen LogP contribution in [0.25, 0.3) is 11.1 Å². The predicted molar refractivity (Wildman–Crippen MR) is 110 cm³/mol.